The minimum atomic E-state index is -0.266. The van der Waals surface area contributed by atoms with Gasteiger partial charge in [0.1, 0.15) is 0 Å². The van der Waals surface area contributed by atoms with Crippen LogP contribution in [0.1, 0.15) is 176 Å². The summed E-state index contributed by atoms with van der Waals surface area (Å²) >= 11 is 0. The first kappa shape index (κ1) is 46.8. The molecule has 7 atom stereocenters. The van der Waals surface area contributed by atoms with Crippen LogP contribution >= 0.6 is 0 Å². The zero-order chi connectivity index (χ0) is 36.7. The lowest BCUT2D eigenvalue weighted by atomic mass is 9.77. The van der Waals surface area contributed by atoms with Crippen molar-refractivity contribution in [3.8, 4) is 0 Å². The Morgan fingerprint density at radius 3 is 1.45 bits per heavy atom. The second-order valence-electron chi connectivity index (χ2n) is 17.3. The second-order valence-corrected chi connectivity index (χ2v) is 17.3. The van der Waals surface area contributed by atoms with E-state index in [0.717, 1.165) is 51.4 Å². The van der Waals surface area contributed by atoms with Crippen LogP contribution in [0.5, 0.6) is 0 Å². The molecule has 0 spiro atoms. The van der Waals surface area contributed by atoms with Gasteiger partial charge >= 0.3 is 0 Å². The molecule has 0 aliphatic carbocycles. The largest absolute Gasteiger partial charge is 0.378 e. The van der Waals surface area contributed by atoms with Gasteiger partial charge in [-0.2, -0.15) is 0 Å². The molecule has 0 amide bonds. The van der Waals surface area contributed by atoms with E-state index in [0.29, 0.717) is 44.9 Å². The first-order chi connectivity index (χ1) is 21.5. The van der Waals surface area contributed by atoms with E-state index in [1.807, 2.05) is 0 Å². The van der Waals surface area contributed by atoms with Gasteiger partial charge in [0.2, 0.25) is 0 Å². The molecule has 284 valence electrons. The SMILES string of the molecule is CCC(C)(C)OCCC(C)(C)OCC(C)C(C)(CC)COC(C)CC(C)(CC)OCCOC(C)(CC)CC(C)OC(C)(CC)C(C)C. The second kappa shape index (κ2) is 20.6. The third-order valence-electron chi connectivity index (χ3n) is 11.8. The van der Waals surface area contributed by atoms with Gasteiger partial charge in [-0.1, -0.05) is 62.3 Å². The van der Waals surface area contributed by atoms with Crippen LogP contribution in [0.15, 0.2) is 0 Å². The lowest BCUT2D eigenvalue weighted by Gasteiger charge is -2.39. The van der Waals surface area contributed by atoms with Crippen LogP contribution in [0, 0.1) is 17.3 Å². The van der Waals surface area contributed by atoms with E-state index in [9.17, 15) is 0 Å². The molecule has 0 aliphatic heterocycles. The van der Waals surface area contributed by atoms with Gasteiger partial charge in [0.05, 0.1) is 73.2 Å². The molecule has 6 nitrogen and oxygen atoms in total. The summed E-state index contributed by atoms with van der Waals surface area (Å²) in [4.78, 5) is 0. The van der Waals surface area contributed by atoms with Crippen LogP contribution in [-0.4, -0.2) is 73.2 Å². The lowest BCUT2D eigenvalue weighted by molar-refractivity contribution is -0.151. The van der Waals surface area contributed by atoms with Crippen LogP contribution in [0.4, 0.5) is 0 Å². The average molecular weight is 673 g/mol. The Balaban J connectivity index is 4.92. The molecule has 0 radical (unpaired) electrons. The van der Waals surface area contributed by atoms with E-state index >= 15 is 0 Å². The number of hydrogen-bond acceptors (Lipinski definition) is 6. The summed E-state index contributed by atoms with van der Waals surface area (Å²) in [6, 6.07) is 0. The zero-order valence-corrected chi connectivity index (χ0v) is 35.0. The van der Waals surface area contributed by atoms with E-state index in [2.05, 4.69) is 125 Å². The highest BCUT2D eigenvalue weighted by Crippen LogP contribution is 2.35. The Labute approximate surface area is 294 Å². The molecule has 0 aromatic rings. The molecular formula is C41H84O6. The highest BCUT2D eigenvalue weighted by Gasteiger charge is 2.35. The quantitative estimate of drug-likeness (QED) is 0.0771. The Kier molecular flexibility index (Phi) is 20.5. The van der Waals surface area contributed by atoms with Gasteiger partial charge in [-0.05, 0) is 118 Å². The molecule has 0 aromatic carbocycles. The number of ether oxygens (including phenoxy) is 6. The molecule has 0 N–H and O–H groups in total. The Bertz CT molecular complexity index is 829. The molecule has 7 unspecified atom stereocenters. The highest BCUT2D eigenvalue weighted by molar-refractivity contribution is 4.84. The van der Waals surface area contributed by atoms with E-state index in [1.54, 1.807) is 0 Å². The standard InChI is InChI=1S/C41H84O6/c1-19-36(11,12)43-25-24-37(13,14)46-30-33(8)38(15,20-2)31-42-34(9)28-39(16,21-3)44-26-27-45-40(17,22-4)29-35(10)47-41(18,23-5)32(6)7/h32-35H,19-31H2,1-18H3. The topological polar surface area (TPSA) is 55.4 Å². The van der Waals surface area contributed by atoms with Crippen molar-refractivity contribution in [2.45, 2.75) is 216 Å². The molecule has 0 saturated carbocycles. The predicted octanol–water partition coefficient (Wildman–Crippen LogP) is 11.2. The summed E-state index contributed by atoms with van der Waals surface area (Å²) in [5.74, 6) is 0.829. The van der Waals surface area contributed by atoms with Crippen LogP contribution in [-0.2, 0) is 28.4 Å². The van der Waals surface area contributed by atoms with Gasteiger partial charge in [-0.3, -0.25) is 0 Å². The van der Waals surface area contributed by atoms with Gasteiger partial charge in [0.15, 0.2) is 0 Å². The number of hydrogen-bond donors (Lipinski definition) is 0. The van der Waals surface area contributed by atoms with Crippen molar-refractivity contribution in [2.24, 2.45) is 17.3 Å². The molecule has 0 rings (SSSR count). The van der Waals surface area contributed by atoms with Gasteiger partial charge in [0, 0.05) is 12.8 Å². The van der Waals surface area contributed by atoms with Gasteiger partial charge in [-0.25, -0.2) is 0 Å². The molecule has 0 heterocycles. The first-order valence-corrected chi connectivity index (χ1v) is 19.3. The predicted molar refractivity (Wildman–Crippen MR) is 201 cm³/mol. The molecule has 0 fully saturated rings. The van der Waals surface area contributed by atoms with Gasteiger partial charge in [0.25, 0.3) is 0 Å². The van der Waals surface area contributed by atoms with E-state index in [-0.39, 0.29) is 45.6 Å². The van der Waals surface area contributed by atoms with Crippen molar-refractivity contribution in [2.75, 3.05) is 33.0 Å². The third kappa shape index (κ3) is 17.5. The minimum Gasteiger partial charge on any atom is -0.378 e. The van der Waals surface area contributed by atoms with Gasteiger partial charge in [-0.15, -0.1) is 0 Å². The summed E-state index contributed by atoms with van der Waals surface area (Å²) < 4.78 is 38.6. The van der Waals surface area contributed by atoms with Crippen molar-refractivity contribution in [3.63, 3.8) is 0 Å². The van der Waals surface area contributed by atoms with E-state index in [4.69, 9.17) is 28.4 Å². The maximum Gasteiger partial charge on any atom is 0.0708 e. The maximum absolute atomic E-state index is 6.56. The van der Waals surface area contributed by atoms with Crippen LogP contribution < -0.4 is 0 Å². The molecule has 0 aromatic heterocycles. The van der Waals surface area contributed by atoms with Crippen molar-refractivity contribution < 1.29 is 28.4 Å². The molecule has 0 bridgehead atoms. The Morgan fingerprint density at radius 1 is 0.511 bits per heavy atom. The fraction of sp³-hybridized carbons (Fsp3) is 1.00. The molecule has 0 saturated heterocycles. The first-order valence-electron chi connectivity index (χ1n) is 19.3. The van der Waals surface area contributed by atoms with Crippen molar-refractivity contribution >= 4 is 0 Å². The summed E-state index contributed by atoms with van der Waals surface area (Å²) in [6.07, 6.45) is 7.69. The minimum absolute atomic E-state index is 0.0253. The van der Waals surface area contributed by atoms with Crippen molar-refractivity contribution in [1.29, 1.82) is 0 Å². The van der Waals surface area contributed by atoms with Crippen LogP contribution in [0.25, 0.3) is 0 Å². The fourth-order valence-corrected chi connectivity index (χ4v) is 5.82. The molecular weight excluding hydrogens is 588 g/mol. The molecule has 47 heavy (non-hydrogen) atoms. The van der Waals surface area contributed by atoms with Crippen LogP contribution in [0.3, 0.4) is 0 Å². The molecule has 6 heteroatoms. The Morgan fingerprint density at radius 2 is 1.02 bits per heavy atom. The normalized spacial score (nSPS) is 20.2. The van der Waals surface area contributed by atoms with Crippen LogP contribution in [0.2, 0.25) is 0 Å². The van der Waals surface area contributed by atoms with Gasteiger partial charge < -0.3 is 28.4 Å². The highest BCUT2D eigenvalue weighted by atomic mass is 16.6. The maximum atomic E-state index is 6.56. The summed E-state index contributed by atoms with van der Waals surface area (Å²) in [5.41, 5.74) is -0.907. The number of rotatable bonds is 28. The summed E-state index contributed by atoms with van der Waals surface area (Å²) in [7, 11) is 0. The third-order valence-corrected chi connectivity index (χ3v) is 11.8. The van der Waals surface area contributed by atoms with Crippen molar-refractivity contribution in [1.82, 2.24) is 0 Å². The lowest BCUT2D eigenvalue weighted by Crippen LogP contribution is -2.41. The summed E-state index contributed by atoms with van der Waals surface area (Å²) in [5, 5.41) is 0. The summed E-state index contributed by atoms with van der Waals surface area (Å²) in [6.45, 7) is 43.1. The zero-order valence-electron chi connectivity index (χ0n) is 35.0. The van der Waals surface area contributed by atoms with E-state index < -0.39 is 0 Å². The van der Waals surface area contributed by atoms with E-state index in [1.165, 1.54) is 0 Å². The molecule has 0 aliphatic rings. The van der Waals surface area contributed by atoms with Crippen molar-refractivity contribution in [3.05, 3.63) is 0 Å². The monoisotopic (exact) mass is 673 g/mol. The Hall–Kier alpha value is -0.240. The average Bonchev–Trinajstić information content (AvgIpc) is 3.00. The fourth-order valence-electron chi connectivity index (χ4n) is 5.82. The smallest absolute Gasteiger partial charge is 0.0708 e.